The van der Waals surface area contributed by atoms with E-state index in [4.69, 9.17) is 4.74 Å². The van der Waals surface area contributed by atoms with E-state index < -0.39 is 11.4 Å². The number of amides is 1. The predicted octanol–water partition coefficient (Wildman–Crippen LogP) is 2.17. The Labute approximate surface area is 117 Å². The average Bonchev–Trinajstić information content (AvgIpc) is 2.90. The first-order chi connectivity index (χ1) is 9.58. The summed E-state index contributed by atoms with van der Waals surface area (Å²) >= 11 is 0. The third kappa shape index (κ3) is 2.82. The summed E-state index contributed by atoms with van der Waals surface area (Å²) in [6.45, 7) is 0.000808. The van der Waals surface area contributed by atoms with Crippen LogP contribution in [0.1, 0.15) is 31.2 Å². The smallest absolute Gasteiger partial charge is 0.314 e. The lowest BCUT2D eigenvalue weighted by Gasteiger charge is -2.24. The second kappa shape index (κ2) is 6.05. The number of hydrogen-bond donors (Lipinski definition) is 2. The highest BCUT2D eigenvalue weighted by Gasteiger charge is 2.42. The minimum Gasteiger partial charge on any atom is -0.481 e. The molecule has 0 saturated heterocycles. The van der Waals surface area contributed by atoms with Crippen molar-refractivity contribution in [3.63, 3.8) is 0 Å². The number of carboxylic acid groups (broad SMARTS) is 1. The van der Waals surface area contributed by atoms with Gasteiger partial charge in [-0.05, 0) is 30.5 Å². The highest BCUT2D eigenvalue weighted by molar-refractivity contribution is 5.91. The van der Waals surface area contributed by atoms with E-state index in [1.54, 1.807) is 24.3 Å². The lowest BCUT2D eigenvalue weighted by Crippen LogP contribution is -2.32. The van der Waals surface area contributed by atoms with Crippen LogP contribution >= 0.6 is 0 Å². The fraction of sp³-hybridized carbons (Fsp3) is 0.467. The Hall–Kier alpha value is -1.88. The number of ether oxygens (including phenoxy) is 1. The largest absolute Gasteiger partial charge is 0.481 e. The maximum Gasteiger partial charge on any atom is 0.314 e. The summed E-state index contributed by atoms with van der Waals surface area (Å²) in [5.41, 5.74) is 0.705. The molecule has 20 heavy (non-hydrogen) atoms. The molecule has 2 N–H and O–H groups in total. The van der Waals surface area contributed by atoms with E-state index in [-0.39, 0.29) is 12.5 Å². The second-order valence-electron chi connectivity index (χ2n) is 5.15. The number of carbonyl (C=O) groups is 2. The van der Waals surface area contributed by atoms with E-state index >= 15 is 0 Å². The predicted molar refractivity (Wildman–Crippen MR) is 74.7 cm³/mol. The molecule has 1 fully saturated rings. The molecule has 5 nitrogen and oxygen atoms in total. The second-order valence-corrected chi connectivity index (χ2v) is 5.15. The van der Waals surface area contributed by atoms with Gasteiger partial charge in [0, 0.05) is 12.8 Å². The lowest BCUT2D eigenvalue weighted by atomic mass is 9.79. The molecule has 0 unspecified atom stereocenters. The van der Waals surface area contributed by atoms with Crippen LogP contribution in [0.3, 0.4) is 0 Å². The summed E-state index contributed by atoms with van der Waals surface area (Å²) in [7, 11) is 1.46. The molecule has 0 aromatic heterocycles. The van der Waals surface area contributed by atoms with E-state index in [9.17, 15) is 14.7 Å². The molecule has 0 heterocycles. The number of carbonyl (C=O) groups excluding carboxylic acids is 1. The zero-order valence-electron chi connectivity index (χ0n) is 11.5. The summed E-state index contributed by atoms with van der Waals surface area (Å²) in [4.78, 5) is 23.0. The van der Waals surface area contributed by atoms with Gasteiger partial charge in [0.05, 0.1) is 5.41 Å². The van der Waals surface area contributed by atoms with Crippen molar-refractivity contribution < 1.29 is 19.4 Å². The Bertz CT molecular complexity index is 489. The van der Waals surface area contributed by atoms with Crippen molar-refractivity contribution in [2.45, 2.75) is 31.1 Å². The van der Waals surface area contributed by atoms with Crippen LogP contribution < -0.4 is 5.32 Å². The first-order valence-electron chi connectivity index (χ1n) is 6.71. The first-order valence-corrected chi connectivity index (χ1v) is 6.71. The van der Waals surface area contributed by atoms with Crippen molar-refractivity contribution in [3.05, 3.63) is 29.8 Å². The number of benzene rings is 1. The zero-order chi connectivity index (χ0) is 14.6. The first kappa shape index (κ1) is 14.5. The van der Waals surface area contributed by atoms with Gasteiger partial charge >= 0.3 is 5.97 Å². The van der Waals surface area contributed by atoms with E-state index in [2.05, 4.69) is 5.32 Å². The molecule has 1 aliphatic rings. The minimum atomic E-state index is -0.758. The SMILES string of the molecule is COCC(=O)Nc1ccc(C2(C(=O)O)CCCC2)cc1. The topological polar surface area (TPSA) is 75.6 Å². The minimum absolute atomic E-state index is 0.000808. The molecule has 1 aromatic rings. The fourth-order valence-electron chi connectivity index (χ4n) is 2.81. The van der Waals surface area contributed by atoms with Crippen LogP contribution in [-0.4, -0.2) is 30.7 Å². The van der Waals surface area contributed by atoms with E-state index in [0.29, 0.717) is 18.5 Å². The van der Waals surface area contributed by atoms with Gasteiger partial charge in [0.1, 0.15) is 6.61 Å². The summed E-state index contributed by atoms with van der Waals surface area (Å²) in [5.74, 6) is -0.986. The van der Waals surface area contributed by atoms with Gasteiger partial charge in [0.2, 0.25) is 5.91 Å². The maximum atomic E-state index is 11.6. The Morgan fingerprint density at radius 3 is 2.35 bits per heavy atom. The average molecular weight is 277 g/mol. The van der Waals surface area contributed by atoms with Crippen LogP contribution in [0.25, 0.3) is 0 Å². The molecule has 5 heteroatoms. The van der Waals surface area contributed by atoms with Gasteiger partial charge in [-0.2, -0.15) is 0 Å². The molecule has 1 aromatic carbocycles. The quantitative estimate of drug-likeness (QED) is 0.865. The number of methoxy groups -OCH3 is 1. The highest BCUT2D eigenvalue weighted by Crippen LogP contribution is 2.41. The summed E-state index contributed by atoms with van der Waals surface area (Å²) in [6, 6.07) is 7.07. The fourth-order valence-corrected chi connectivity index (χ4v) is 2.81. The lowest BCUT2D eigenvalue weighted by molar-refractivity contribution is -0.143. The highest BCUT2D eigenvalue weighted by atomic mass is 16.5. The van der Waals surface area contributed by atoms with E-state index in [1.807, 2.05) is 0 Å². The van der Waals surface area contributed by atoms with Gasteiger partial charge in [-0.1, -0.05) is 25.0 Å². The third-order valence-corrected chi connectivity index (χ3v) is 3.86. The number of anilines is 1. The van der Waals surface area contributed by atoms with E-state index in [1.165, 1.54) is 7.11 Å². The van der Waals surface area contributed by atoms with Crippen molar-refractivity contribution in [2.24, 2.45) is 0 Å². The van der Waals surface area contributed by atoms with Crippen LogP contribution in [0.4, 0.5) is 5.69 Å². The Morgan fingerprint density at radius 2 is 1.85 bits per heavy atom. The van der Waals surface area contributed by atoms with Crippen LogP contribution in [0.5, 0.6) is 0 Å². The number of carboxylic acids is 1. The van der Waals surface area contributed by atoms with Crippen LogP contribution in [0.15, 0.2) is 24.3 Å². The van der Waals surface area contributed by atoms with E-state index in [0.717, 1.165) is 18.4 Å². The number of hydrogen-bond acceptors (Lipinski definition) is 3. The molecule has 0 spiro atoms. The monoisotopic (exact) mass is 277 g/mol. The van der Waals surface area contributed by atoms with Crippen molar-refractivity contribution in [3.8, 4) is 0 Å². The molecule has 1 amide bonds. The van der Waals surface area contributed by atoms with Gasteiger partial charge in [-0.25, -0.2) is 0 Å². The van der Waals surface area contributed by atoms with Gasteiger partial charge in [0.25, 0.3) is 0 Å². The molecule has 108 valence electrons. The Morgan fingerprint density at radius 1 is 1.25 bits per heavy atom. The summed E-state index contributed by atoms with van der Waals surface area (Å²) in [6.07, 6.45) is 3.24. The molecule has 0 radical (unpaired) electrons. The number of rotatable bonds is 5. The molecule has 1 saturated carbocycles. The standard InChI is InChI=1S/C15H19NO4/c1-20-10-13(17)16-12-6-4-11(5-7-12)15(14(18)19)8-2-3-9-15/h4-7H,2-3,8-10H2,1H3,(H,16,17)(H,18,19). The maximum absolute atomic E-state index is 11.6. The molecular weight excluding hydrogens is 258 g/mol. The molecule has 0 bridgehead atoms. The third-order valence-electron chi connectivity index (χ3n) is 3.86. The normalized spacial score (nSPS) is 16.9. The van der Waals surface area contributed by atoms with Crippen molar-refractivity contribution >= 4 is 17.6 Å². The zero-order valence-corrected chi connectivity index (χ0v) is 11.5. The Balaban J connectivity index is 2.15. The summed E-state index contributed by atoms with van der Waals surface area (Å²) < 4.78 is 4.74. The molecule has 2 rings (SSSR count). The molecule has 0 aliphatic heterocycles. The van der Waals surface area contributed by atoms with Crippen LogP contribution in [-0.2, 0) is 19.7 Å². The molecular formula is C15H19NO4. The summed E-state index contributed by atoms with van der Waals surface area (Å²) in [5, 5.41) is 12.2. The number of aliphatic carboxylic acids is 1. The van der Waals surface area contributed by atoms with Gasteiger partial charge < -0.3 is 15.2 Å². The van der Waals surface area contributed by atoms with Crippen molar-refractivity contribution in [2.75, 3.05) is 19.0 Å². The van der Waals surface area contributed by atoms with Gasteiger partial charge in [-0.3, -0.25) is 9.59 Å². The van der Waals surface area contributed by atoms with Crippen LogP contribution in [0.2, 0.25) is 0 Å². The van der Waals surface area contributed by atoms with Crippen LogP contribution in [0, 0.1) is 0 Å². The Kier molecular flexibility index (Phi) is 4.39. The van der Waals surface area contributed by atoms with Gasteiger partial charge in [-0.15, -0.1) is 0 Å². The molecule has 0 atom stereocenters. The van der Waals surface area contributed by atoms with Gasteiger partial charge in [0.15, 0.2) is 0 Å². The van der Waals surface area contributed by atoms with Crippen molar-refractivity contribution in [1.82, 2.24) is 0 Å². The van der Waals surface area contributed by atoms with Crippen molar-refractivity contribution in [1.29, 1.82) is 0 Å². The number of nitrogens with one attached hydrogen (secondary N) is 1. The molecule has 1 aliphatic carbocycles.